The van der Waals surface area contributed by atoms with Crippen LogP contribution in [0.2, 0.25) is 0 Å². The summed E-state index contributed by atoms with van der Waals surface area (Å²) in [6.07, 6.45) is 5.01. The van der Waals surface area contributed by atoms with Gasteiger partial charge in [-0.15, -0.1) is 0 Å². The van der Waals surface area contributed by atoms with Crippen LogP contribution in [0.4, 0.5) is 0 Å². The van der Waals surface area contributed by atoms with Crippen molar-refractivity contribution >= 4 is 39.6 Å². The molecule has 5 heterocycles. The van der Waals surface area contributed by atoms with Crippen LogP contribution in [0.15, 0.2) is 53.0 Å². The number of morpholine rings is 1. The third-order valence-electron chi connectivity index (χ3n) is 10.6. The monoisotopic (exact) mass is 756 g/mol. The van der Waals surface area contributed by atoms with E-state index in [1.807, 2.05) is 56.3 Å². The van der Waals surface area contributed by atoms with E-state index in [1.165, 1.54) is 4.90 Å². The van der Waals surface area contributed by atoms with Crippen molar-refractivity contribution in [3.8, 4) is 0 Å². The van der Waals surface area contributed by atoms with Crippen molar-refractivity contribution in [1.29, 1.82) is 0 Å². The number of cyclic esters (lactones) is 1. The molecule has 1 aromatic rings. The molecule has 0 unspecified atom stereocenters. The Kier molecular flexibility index (Phi) is 11.5. The Morgan fingerprint density at radius 1 is 1.02 bits per heavy atom. The van der Waals surface area contributed by atoms with Crippen molar-refractivity contribution < 1.29 is 38.5 Å². The van der Waals surface area contributed by atoms with Gasteiger partial charge in [0.25, 0.3) is 0 Å². The van der Waals surface area contributed by atoms with Crippen LogP contribution >= 0.6 is 15.9 Å². The number of aliphatic hydroxyl groups is 1. The molecular weight excluding hydrogens is 708 g/mol. The van der Waals surface area contributed by atoms with Gasteiger partial charge in [-0.25, -0.2) is 0 Å². The van der Waals surface area contributed by atoms with E-state index in [4.69, 9.17) is 14.2 Å². The highest BCUT2D eigenvalue weighted by Crippen LogP contribution is 2.59. The van der Waals surface area contributed by atoms with Crippen LogP contribution in [-0.2, 0) is 33.4 Å². The zero-order valence-electron chi connectivity index (χ0n) is 29.0. The summed E-state index contributed by atoms with van der Waals surface area (Å²) in [5, 5.41) is 13.7. The predicted molar refractivity (Wildman–Crippen MR) is 188 cm³/mol. The molecule has 6 rings (SSSR count). The van der Waals surface area contributed by atoms with Crippen LogP contribution in [0.3, 0.4) is 0 Å². The molecule has 3 fully saturated rings. The fourth-order valence-corrected chi connectivity index (χ4v) is 8.95. The molecule has 0 aromatic heterocycles. The summed E-state index contributed by atoms with van der Waals surface area (Å²) >= 11 is 3.63. The Hall–Kier alpha value is -3.10. The Morgan fingerprint density at radius 2 is 1.76 bits per heavy atom. The Balaban J connectivity index is 1.43. The van der Waals surface area contributed by atoms with Crippen molar-refractivity contribution in [2.75, 3.05) is 52.5 Å². The lowest BCUT2D eigenvalue weighted by Crippen LogP contribution is -2.59. The van der Waals surface area contributed by atoms with E-state index < -0.39 is 59.6 Å². The number of aliphatic hydroxyl groups excluding tert-OH is 1. The van der Waals surface area contributed by atoms with Crippen LogP contribution < -0.4 is 5.32 Å². The molecule has 0 aliphatic carbocycles. The fourth-order valence-electron chi connectivity index (χ4n) is 8.21. The predicted octanol–water partition coefficient (Wildman–Crippen LogP) is 2.57. The quantitative estimate of drug-likeness (QED) is 0.303. The molecule has 3 amide bonds. The molecule has 2 N–H and O–H groups in total. The van der Waals surface area contributed by atoms with Gasteiger partial charge in [0, 0.05) is 43.6 Å². The number of nitrogens with zero attached hydrogens (tertiary/aromatic N) is 3. The molecule has 1 aromatic carbocycles. The first kappa shape index (κ1) is 36.7. The maximum absolute atomic E-state index is 15.0. The Labute approximate surface area is 302 Å². The number of esters is 1. The molecule has 0 saturated carbocycles. The maximum Gasteiger partial charge on any atom is 0.313 e. The third kappa shape index (κ3) is 7.16. The lowest BCUT2D eigenvalue weighted by molar-refractivity contribution is -0.162. The van der Waals surface area contributed by atoms with Gasteiger partial charge in [-0.2, -0.15) is 0 Å². The number of halogens is 1. The number of hydrogen-bond acceptors (Lipinski definition) is 9. The number of hydrogen-bond donors (Lipinski definition) is 2. The first-order chi connectivity index (χ1) is 24.1. The van der Waals surface area contributed by atoms with Gasteiger partial charge in [-0.05, 0) is 37.3 Å². The van der Waals surface area contributed by atoms with Gasteiger partial charge in [0.05, 0.1) is 37.8 Å². The molecule has 3 saturated heterocycles. The number of ether oxygens (including phenoxy) is 3. The third-order valence-corrected chi connectivity index (χ3v) is 11.2. The van der Waals surface area contributed by atoms with Crippen molar-refractivity contribution in [3.05, 3.63) is 58.6 Å². The van der Waals surface area contributed by atoms with E-state index in [-0.39, 0.29) is 37.3 Å². The number of rotatable bonds is 8. The number of nitrogens with one attached hydrogen (secondary N) is 1. The fraction of sp³-hybridized carbons (Fsp3) is 0.622. The average Bonchev–Trinajstić information content (AvgIpc) is 3.70. The molecule has 8 atom stereocenters. The van der Waals surface area contributed by atoms with Crippen molar-refractivity contribution in [1.82, 2.24) is 20.0 Å². The summed E-state index contributed by atoms with van der Waals surface area (Å²) < 4.78 is 19.0. The van der Waals surface area contributed by atoms with E-state index in [9.17, 15) is 19.5 Å². The zero-order chi connectivity index (χ0) is 35.6. The summed E-state index contributed by atoms with van der Waals surface area (Å²) in [7, 11) is 0. The van der Waals surface area contributed by atoms with Gasteiger partial charge in [0.15, 0.2) is 0 Å². The van der Waals surface area contributed by atoms with Crippen LogP contribution in [0.1, 0.15) is 51.7 Å². The summed E-state index contributed by atoms with van der Waals surface area (Å²) in [5.41, 5.74) is -0.761. The highest BCUT2D eigenvalue weighted by Gasteiger charge is 2.75. The van der Waals surface area contributed by atoms with E-state index in [0.717, 1.165) is 13.1 Å². The topological polar surface area (TPSA) is 138 Å². The second kappa shape index (κ2) is 15.6. The van der Waals surface area contributed by atoms with Crippen LogP contribution in [0.25, 0.3) is 0 Å². The van der Waals surface area contributed by atoms with Gasteiger partial charge in [0.2, 0.25) is 17.7 Å². The molecule has 12 nitrogen and oxygen atoms in total. The van der Waals surface area contributed by atoms with E-state index in [1.54, 1.807) is 17.9 Å². The molecule has 0 radical (unpaired) electrons. The normalized spacial score (nSPS) is 33.7. The van der Waals surface area contributed by atoms with Gasteiger partial charge >= 0.3 is 5.97 Å². The standard InChI is InChI=1S/C37H49BrN4O8/c1-23(2)20-26(22-43)42-33-35(46)41(15-14-40-16-18-48-19-17-40)13-9-5-8-12-28(44)39-24(3)31(25-10-6-4-7-11-25)49-36(47)29-30(34(42)45)37(33)21-27(38)32(29)50-37/h4-7,9-11,21,23-24,26,29-33,43H,8,12-20,22H2,1-3H3,(H,39,44)/b9-5-/t24-,26-,29+,30-,31+,32+,33+,37-/m1/s1. The van der Waals surface area contributed by atoms with E-state index in [2.05, 4.69) is 26.1 Å². The Bertz CT molecular complexity index is 1480. The minimum atomic E-state index is -1.46. The van der Waals surface area contributed by atoms with Crippen LogP contribution in [0.5, 0.6) is 0 Å². The highest BCUT2D eigenvalue weighted by molar-refractivity contribution is 9.11. The number of fused-ring (bicyclic) bond motifs is 2. The maximum atomic E-state index is 15.0. The molecule has 13 heteroatoms. The summed E-state index contributed by atoms with van der Waals surface area (Å²) in [5.74, 6) is -3.57. The van der Waals surface area contributed by atoms with Gasteiger partial charge in [-0.3, -0.25) is 24.1 Å². The lowest BCUT2D eigenvalue weighted by atomic mass is 9.74. The molecule has 5 aliphatic rings. The second-order valence-electron chi connectivity index (χ2n) is 14.4. The lowest BCUT2D eigenvalue weighted by Gasteiger charge is -2.39. The number of carbonyl (C=O) groups is 4. The number of amides is 3. The molecule has 272 valence electrons. The smallest absolute Gasteiger partial charge is 0.313 e. The zero-order valence-corrected chi connectivity index (χ0v) is 30.6. The number of allylic oxidation sites excluding steroid dienone is 1. The first-order valence-corrected chi connectivity index (χ1v) is 18.6. The molecule has 5 bridgehead atoms. The summed E-state index contributed by atoms with van der Waals surface area (Å²) in [6, 6.07) is 6.83. The van der Waals surface area contributed by atoms with Crippen LogP contribution in [0, 0.1) is 17.8 Å². The van der Waals surface area contributed by atoms with Crippen molar-refractivity contribution in [2.24, 2.45) is 17.8 Å². The summed E-state index contributed by atoms with van der Waals surface area (Å²) in [6.45, 7) is 9.44. The van der Waals surface area contributed by atoms with Gasteiger partial charge in [-0.1, -0.05) is 72.3 Å². The minimum Gasteiger partial charge on any atom is -0.455 e. The Morgan fingerprint density at radius 3 is 2.46 bits per heavy atom. The highest BCUT2D eigenvalue weighted by atomic mass is 79.9. The van der Waals surface area contributed by atoms with Crippen molar-refractivity contribution in [2.45, 2.75) is 76.0 Å². The molecule has 1 spiro atoms. The number of likely N-dealkylation sites (tertiary alicyclic amines) is 1. The van der Waals surface area contributed by atoms with E-state index >= 15 is 4.79 Å². The SMILES string of the molecule is CC(C)C[C@H](CO)N1C(=O)[C@H]2[C@@H]3C(=O)O[C@H](c4ccccc4)[C@@H](C)NC(=O)CC/C=C\CN(CCN4CCOCC4)C(=O)[C@H]1[C@@]21C=C(Br)[C@@H]3O1. The molecule has 50 heavy (non-hydrogen) atoms. The largest absolute Gasteiger partial charge is 0.455 e. The number of carbonyl (C=O) groups excluding carboxylic acids is 4. The number of benzene rings is 1. The van der Waals surface area contributed by atoms with E-state index in [0.29, 0.717) is 49.2 Å². The minimum absolute atomic E-state index is 0.114. The molecule has 5 aliphatic heterocycles. The summed E-state index contributed by atoms with van der Waals surface area (Å²) in [4.78, 5) is 62.8. The first-order valence-electron chi connectivity index (χ1n) is 17.8. The van der Waals surface area contributed by atoms with Crippen LogP contribution in [-0.4, -0.2) is 126 Å². The second-order valence-corrected chi connectivity index (χ2v) is 15.3. The van der Waals surface area contributed by atoms with Gasteiger partial charge < -0.3 is 34.4 Å². The van der Waals surface area contributed by atoms with Gasteiger partial charge in [0.1, 0.15) is 29.8 Å². The molecular formula is C37H49BrN4O8. The average molecular weight is 758 g/mol. The van der Waals surface area contributed by atoms with Crippen molar-refractivity contribution in [3.63, 3.8) is 0 Å².